The van der Waals surface area contributed by atoms with E-state index >= 15 is 0 Å². The summed E-state index contributed by atoms with van der Waals surface area (Å²) in [7, 11) is -3.95. The number of carboxylic acids is 1. The lowest BCUT2D eigenvalue weighted by Gasteiger charge is -2.23. The average molecular weight is 501 g/mol. The lowest BCUT2D eigenvalue weighted by Crippen LogP contribution is -2.37. The Hall–Kier alpha value is -3.72. The monoisotopic (exact) mass is 500 g/mol. The summed E-state index contributed by atoms with van der Waals surface area (Å²) >= 11 is 0. The van der Waals surface area contributed by atoms with Crippen molar-refractivity contribution in [1.82, 2.24) is 0 Å². The average Bonchev–Trinajstić information content (AvgIpc) is 2.80. The van der Waals surface area contributed by atoms with Gasteiger partial charge in [-0.05, 0) is 69.3 Å². The second-order valence-electron chi connectivity index (χ2n) is 8.29. The zero-order valence-corrected chi connectivity index (χ0v) is 20.7. The van der Waals surface area contributed by atoms with E-state index in [1.165, 1.54) is 38.1 Å². The van der Waals surface area contributed by atoms with E-state index in [0.29, 0.717) is 23.7 Å². The molecule has 0 bridgehead atoms. The van der Waals surface area contributed by atoms with Crippen molar-refractivity contribution >= 4 is 16.1 Å². The van der Waals surface area contributed by atoms with Crippen molar-refractivity contribution in [2.24, 2.45) is 0 Å². The molecule has 0 aliphatic heterocycles. The van der Waals surface area contributed by atoms with Crippen LogP contribution in [-0.2, 0) is 14.9 Å². The smallest absolute Gasteiger partial charge is 0.347 e. The van der Waals surface area contributed by atoms with Gasteiger partial charge in [0.15, 0.2) is 5.60 Å². The summed E-state index contributed by atoms with van der Waals surface area (Å²) in [4.78, 5) is 11.4. The van der Waals surface area contributed by atoms with Crippen molar-refractivity contribution < 1.29 is 36.7 Å². The summed E-state index contributed by atoms with van der Waals surface area (Å²) in [5.74, 6) is 0.313. The minimum Gasteiger partial charge on any atom is -0.478 e. The van der Waals surface area contributed by atoms with Crippen LogP contribution in [0.4, 0.5) is 0 Å². The highest BCUT2D eigenvalue weighted by Crippen LogP contribution is 2.27. The molecule has 3 aromatic carbocycles. The molecule has 0 amide bonds. The van der Waals surface area contributed by atoms with Crippen LogP contribution < -0.4 is 18.4 Å². The Morgan fingerprint density at radius 3 is 2.06 bits per heavy atom. The number of hydrogen-bond donors (Lipinski definition) is 1. The summed E-state index contributed by atoms with van der Waals surface area (Å²) in [5, 5.41) is 9.25. The fourth-order valence-corrected chi connectivity index (χ4v) is 3.83. The Morgan fingerprint density at radius 2 is 1.46 bits per heavy atom. The van der Waals surface area contributed by atoms with E-state index in [4.69, 9.17) is 18.4 Å². The van der Waals surface area contributed by atoms with Crippen LogP contribution >= 0.6 is 0 Å². The fraction of sp³-hybridized carbons (Fsp3) is 0.269. The number of benzene rings is 3. The van der Waals surface area contributed by atoms with Gasteiger partial charge in [0.1, 0.15) is 27.9 Å². The van der Waals surface area contributed by atoms with Crippen LogP contribution in [0.15, 0.2) is 77.7 Å². The van der Waals surface area contributed by atoms with Crippen molar-refractivity contribution in [1.29, 1.82) is 0 Å². The van der Waals surface area contributed by atoms with E-state index < -0.39 is 28.0 Å². The van der Waals surface area contributed by atoms with Crippen molar-refractivity contribution in [2.75, 3.05) is 0 Å². The molecule has 0 fully saturated rings. The van der Waals surface area contributed by atoms with E-state index in [0.717, 1.165) is 5.56 Å². The molecule has 8 nitrogen and oxygen atoms in total. The minimum absolute atomic E-state index is 0.0702. The van der Waals surface area contributed by atoms with E-state index in [9.17, 15) is 18.3 Å². The molecule has 9 heteroatoms. The number of rotatable bonds is 11. The first-order valence-electron chi connectivity index (χ1n) is 11.0. The number of hydrogen-bond acceptors (Lipinski definition) is 7. The predicted octanol–water partition coefficient (Wildman–Crippen LogP) is 5.20. The van der Waals surface area contributed by atoms with Gasteiger partial charge in [-0.25, -0.2) is 4.79 Å². The Balaban J connectivity index is 1.64. The third-order valence-corrected chi connectivity index (χ3v) is 6.16. The molecular weight excluding hydrogens is 472 g/mol. The molecule has 186 valence electrons. The normalized spacial score (nSPS) is 12.5. The van der Waals surface area contributed by atoms with E-state index in [2.05, 4.69) is 0 Å². The highest BCUT2D eigenvalue weighted by atomic mass is 32.2. The first-order chi connectivity index (χ1) is 16.5. The van der Waals surface area contributed by atoms with Gasteiger partial charge in [-0.3, -0.25) is 0 Å². The topological polar surface area (TPSA) is 108 Å². The zero-order valence-electron chi connectivity index (χ0n) is 19.9. The van der Waals surface area contributed by atoms with Crippen molar-refractivity contribution in [3.63, 3.8) is 0 Å². The van der Waals surface area contributed by atoms with Crippen LogP contribution in [0, 0.1) is 6.92 Å². The number of aryl methyl sites for hydroxylation is 1. The molecule has 3 rings (SSSR count). The van der Waals surface area contributed by atoms with E-state index in [-0.39, 0.29) is 10.6 Å². The molecule has 0 saturated heterocycles. The van der Waals surface area contributed by atoms with Gasteiger partial charge in [-0.2, -0.15) is 8.42 Å². The lowest BCUT2D eigenvalue weighted by molar-refractivity contribution is -0.152. The van der Waals surface area contributed by atoms with Gasteiger partial charge in [0.05, 0.1) is 0 Å². The summed E-state index contributed by atoms with van der Waals surface area (Å²) < 4.78 is 47.4. The molecule has 0 spiro atoms. The Labute approximate surface area is 205 Å². The summed E-state index contributed by atoms with van der Waals surface area (Å²) in [6.45, 7) is 6.67. The predicted molar refractivity (Wildman–Crippen MR) is 130 cm³/mol. The van der Waals surface area contributed by atoms with Gasteiger partial charge in [0.25, 0.3) is 0 Å². The molecule has 0 radical (unpaired) electrons. The van der Waals surface area contributed by atoms with Crippen molar-refractivity contribution in [3.05, 3.63) is 78.4 Å². The van der Waals surface area contributed by atoms with Crippen LogP contribution in [0.25, 0.3) is 0 Å². The minimum atomic E-state index is -3.95. The number of ether oxygens (including phenoxy) is 3. The summed E-state index contributed by atoms with van der Waals surface area (Å²) in [5.41, 5.74) is -0.447. The standard InChI is InChI=1S/C26H28O8S/c1-5-24(32-21-7-6-8-22(17-21)33-26(3,4)25(27)28)31-19-11-13-20(14-12-19)34-35(29,30)23-15-9-18(2)10-16-23/h6-17,24H,5H2,1-4H3,(H,27,28). The van der Waals surface area contributed by atoms with Crippen molar-refractivity contribution in [2.45, 2.75) is 50.9 Å². The van der Waals surface area contributed by atoms with Gasteiger partial charge in [-0.1, -0.05) is 30.7 Å². The molecule has 0 saturated carbocycles. The first kappa shape index (κ1) is 25.9. The summed E-state index contributed by atoms with van der Waals surface area (Å²) in [6.07, 6.45) is -0.146. The highest BCUT2D eigenvalue weighted by Gasteiger charge is 2.29. The highest BCUT2D eigenvalue weighted by molar-refractivity contribution is 7.87. The van der Waals surface area contributed by atoms with Gasteiger partial charge in [-0.15, -0.1) is 0 Å². The molecule has 1 unspecified atom stereocenters. The number of carboxylic acid groups (broad SMARTS) is 1. The molecule has 0 aliphatic carbocycles. The summed E-state index contributed by atoms with van der Waals surface area (Å²) in [6, 6.07) is 19.2. The number of carbonyl (C=O) groups is 1. The van der Waals surface area contributed by atoms with Crippen LogP contribution in [0.1, 0.15) is 32.8 Å². The van der Waals surface area contributed by atoms with Crippen LogP contribution in [0.3, 0.4) is 0 Å². The number of aliphatic carboxylic acids is 1. The van der Waals surface area contributed by atoms with Gasteiger partial charge < -0.3 is 23.5 Å². The molecule has 35 heavy (non-hydrogen) atoms. The third kappa shape index (κ3) is 7.13. The Bertz CT molecular complexity index is 1250. The first-order valence-corrected chi connectivity index (χ1v) is 12.4. The maximum absolute atomic E-state index is 12.5. The third-order valence-electron chi connectivity index (χ3n) is 4.90. The molecule has 3 aromatic rings. The molecule has 0 aromatic heterocycles. The lowest BCUT2D eigenvalue weighted by atomic mass is 10.1. The second-order valence-corrected chi connectivity index (χ2v) is 9.83. The molecule has 0 aliphatic rings. The van der Waals surface area contributed by atoms with Crippen LogP contribution in [0.5, 0.6) is 23.0 Å². The molecule has 1 N–H and O–H groups in total. The van der Waals surface area contributed by atoms with E-state index in [1.807, 2.05) is 13.8 Å². The largest absolute Gasteiger partial charge is 0.478 e. The molecule has 0 heterocycles. The SMILES string of the molecule is CCC(Oc1ccc(OS(=O)(=O)c2ccc(C)cc2)cc1)Oc1cccc(OC(C)(C)C(=O)O)c1. The maximum atomic E-state index is 12.5. The van der Waals surface area contributed by atoms with Gasteiger partial charge >= 0.3 is 16.1 Å². The van der Waals surface area contributed by atoms with Crippen LogP contribution in [0.2, 0.25) is 0 Å². The maximum Gasteiger partial charge on any atom is 0.347 e. The van der Waals surface area contributed by atoms with E-state index in [1.54, 1.807) is 48.5 Å². The van der Waals surface area contributed by atoms with Crippen molar-refractivity contribution in [3.8, 4) is 23.0 Å². The Kier molecular flexibility index (Phi) is 7.91. The van der Waals surface area contributed by atoms with Gasteiger partial charge in [0.2, 0.25) is 6.29 Å². The molecule has 1 atom stereocenters. The second kappa shape index (κ2) is 10.7. The fourth-order valence-electron chi connectivity index (χ4n) is 2.90. The zero-order chi connectivity index (χ0) is 25.6. The Morgan fingerprint density at radius 1 is 0.886 bits per heavy atom. The molecular formula is C26H28O8S. The quantitative estimate of drug-likeness (QED) is 0.283. The van der Waals surface area contributed by atoms with Crippen LogP contribution in [-0.4, -0.2) is 31.4 Å². The van der Waals surface area contributed by atoms with Gasteiger partial charge in [0, 0.05) is 12.5 Å².